The first-order valence-electron chi connectivity index (χ1n) is 13.3. The smallest absolute Gasteiger partial charge is 0.308 e. The molecule has 3 atom stereocenters. The van der Waals surface area contributed by atoms with Gasteiger partial charge in [0.2, 0.25) is 17.7 Å². The van der Waals surface area contributed by atoms with Crippen molar-refractivity contribution in [3.05, 3.63) is 97.4 Å². The first-order chi connectivity index (χ1) is 20.7. The number of ether oxygens (including phenoxy) is 2. The topological polar surface area (TPSA) is 107 Å². The van der Waals surface area contributed by atoms with Crippen molar-refractivity contribution in [2.24, 2.45) is 5.92 Å². The highest BCUT2D eigenvalue weighted by Gasteiger charge is 2.57. The molecule has 0 spiro atoms. The largest absolute Gasteiger partial charge is 0.493 e. The summed E-state index contributed by atoms with van der Waals surface area (Å²) < 4.78 is 12.3. The fraction of sp³-hybridized carbons (Fsp3) is 0.226. The summed E-state index contributed by atoms with van der Waals surface area (Å²) in [6.07, 6.45) is 0. The van der Waals surface area contributed by atoms with Crippen LogP contribution < -0.4 is 24.6 Å². The molecule has 4 aromatic rings. The van der Waals surface area contributed by atoms with Crippen LogP contribution in [0.4, 0.5) is 11.4 Å². The van der Waals surface area contributed by atoms with E-state index in [0.717, 1.165) is 28.7 Å². The van der Waals surface area contributed by atoms with Crippen molar-refractivity contribution in [3.8, 4) is 11.5 Å². The van der Waals surface area contributed by atoms with Crippen molar-refractivity contribution in [2.45, 2.75) is 29.7 Å². The molecule has 2 aliphatic heterocycles. The second-order valence-corrected chi connectivity index (χ2v) is 12.7. The van der Waals surface area contributed by atoms with E-state index < -0.39 is 23.0 Å². The van der Waals surface area contributed by atoms with E-state index in [1.54, 1.807) is 48.5 Å². The number of carbonyl (C=O) groups excluding carboxylic acids is 3. The van der Waals surface area contributed by atoms with Gasteiger partial charge in [0, 0.05) is 21.5 Å². The van der Waals surface area contributed by atoms with Crippen LogP contribution >= 0.6 is 34.7 Å². The lowest BCUT2D eigenvalue weighted by Crippen LogP contribution is -2.33. The summed E-state index contributed by atoms with van der Waals surface area (Å²) in [7, 11) is 3.04. The number of rotatable bonds is 7. The molecule has 3 heterocycles. The third-order valence-electron chi connectivity index (χ3n) is 7.54. The summed E-state index contributed by atoms with van der Waals surface area (Å²) in [5.74, 6) is -1.64. The first kappa shape index (κ1) is 29.0. The maximum atomic E-state index is 14.1. The van der Waals surface area contributed by atoms with Crippen molar-refractivity contribution < 1.29 is 23.9 Å². The molecule has 1 saturated heterocycles. The summed E-state index contributed by atoms with van der Waals surface area (Å²) in [6.45, 7) is 1.70. The van der Waals surface area contributed by atoms with Gasteiger partial charge in [-0.1, -0.05) is 58.5 Å². The highest BCUT2D eigenvalue weighted by molar-refractivity contribution is 8.00. The third-order valence-corrected chi connectivity index (χ3v) is 10.4. The van der Waals surface area contributed by atoms with E-state index in [1.807, 2.05) is 25.1 Å². The van der Waals surface area contributed by atoms with Gasteiger partial charge in [-0.3, -0.25) is 23.7 Å². The van der Waals surface area contributed by atoms with Crippen LogP contribution in [0.2, 0.25) is 5.02 Å². The number of aryl methyl sites for hydroxylation is 1. The number of nitrogens with zero attached hydrogens (tertiary/aromatic N) is 2. The van der Waals surface area contributed by atoms with Gasteiger partial charge in [0.15, 0.2) is 11.5 Å². The molecule has 6 rings (SSSR count). The van der Waals surface area contributed by atoms with Gasteiger partial charge in [-0.2, -0.15) is 0 Å². The zero-order valence-electron chi connectivity index (χ0n) is 23.3. The maximum Gasteiger partial charge on any atom is 0.308 e. The number of fused-ring (bicyclic) bond motifs is 2. The Morgan fingerprint density at radius 3 is 2.30 bits per heavy atom. The van der Waals surface area contributed by atoms with Crippen LogP contribution in [0.3, 0.4) is 0 Å². The predicted octanol–water partition coefficient (Wildman–Crippen LogP) is 5.32. The number of aromatic nitrogens is 1. The number of thioether (sulfide) groups is 1. The number of hydrogen-bond acceptors (Lipinski definition) is 8. The van der Waals surface area contributed by atoms with Crippen LogP contribution in [0.15, 0.2) is 76.6 Å². The van der Waals surface area contributed by atoms with E-state index in [2.05, 4.69) is 5.32 Å². The molecule has 9 nitrogen and oxygen atoms in total. The molecule has 0 aliphatic carbocycles. The van der Waals surface area contributed by atoms with E-state index in [9.17, 15) is 19.2 Å². The van der Waals surface area contributed by atoms with Crippen LogP contribution in [0.1, 0.15) is 21.9 Å². The van der Waals surface area contributed by atoms with Crippen LogP contribution in [0.5, 0.6) is 11.5 Å². The number of anilines is 2. The number of methoxy groups -OCH3 is 2. The number of hydrogen-bond donors (Lipinski definition) is 1. The van der Waals surface area contributed by atoms with Gasteiger partial charge in [-0.25, -0.2) is 4.90 Å². The van der Waals surface area contributed by atoms with E-state index in [0.29, 0.717) is 43.4 Å². The SMILES string of the molecule is COc1ccc([C@@H]2c3sc(=O)n(CC(=O)Nc4ccc(C)cc4)c3S[C@H]3C(=O)N(c4ccc(Cl)cc4)C(=O)[C@@H]23)cc1OC. The van der Waals surface area contributed by atoms with Crippen LogP contribution in [0, 0.1) is 12.8 Å². The minimum absolute atomic E-state index is 0.245. The van der Waals surface area contributed by atoms with E-state index >= 15 is 0 Å². The molecule has 3 amide bonds. The molecule has 3 aromatic carbocycles. The standard InChI is InChI=1S/C31H26ClN3O6S2/c1-16-4-9-19(10-5-16)33-23(36)15-34-30-27(43-31(34)39)24(17-6-13-21(40-2)22(14-17)41-3)25-26(42-30)29(38)35(28(25)37)20-11-7-18(32)8-12-20/h4-14,24-26H,15H2,1-3H3,(H,33,36)/t24-,25-,26+/m0/s1. The summed E-state index contributed by atoms with van der Waals surface area (Å²) in [4.78, 5) is 55.9. The van der Waals surface area contributed by atoms with Gasteiger partial charge in [0.1, 0.15) is 11.8 Å². The number of nitrogens with one attached hydrogen (secondary N) is 1. The fourth-order valence-corrected chi connectivity index (χ4v) is 8.39. The lowest BCUT2D eigenvalue weighted by molar-refractivity contribution is -0.122. The van der Waals surface area contributed by atoms with Gasteiger partial charge in [0.05, 0.1) is 30.9 Å². The average Bonchev–Trinajstić information content (AvgIpc) is 3.44. The number of thiazole rings is 1. The summed E-state index contributed by atoms with van der Waals surface area (Å²) in [6, 6.07) is 19.2. The van der Waals surface area contributed by atoms with Gasteiger partial charge in [-0.05, 0) is 61.0 Å². The van der Waals surface area contributed by atoms with Crippen molar-refractivity contribution in [3.63, 3.8) is 0 Å². The molecule has 0 radical (unpaired) electrons. The molecule has 1 aromatic heterocycles. The number of benzene rings is 3. The Balaban J connectivity index is 1.43. The van der Waals surface area contributed by atoms with Crippen molar-refractivity contribution >= 4 is 63.8 Å². The lowest BCUT2D eigenvalue weighted by atomic mass is 9.83. The number of carbonyl (C=O) groups is 3. The monoisotopic (exact) mass is 635 g/mol. The van der Waals surface area contributed by atoms with Crippen LogP contribution in [-0.2, 0) is 20.9 Å². The van der Waals surface area contributed by atoms with Crippen molar-refractivity contribution in [1.82, 2.24) is 4.57 Å². The fourth-order valence-electron chi connectivity index (χ4n) is 5.49. The minimum Gasteiger partial charge on any atom is -0.493 e. The molecular weight excluding hydrogens is 610 g/mol. The van der Waals surface area contributed by atoms with Gasteiger partial charge in [-0.15, -0.1) is 0 Å². The zero-order valence-corrected chi connectivity index (χ0v) is 25.7. The summed E-state index contributed by atoms with van der Waals surface area (Å²) in [5.41, 5.74) is 2.76. The highest BCUT2D eigenvalue weighted by atomic mass is 35.5. The predicted molar refractivity (Wildman–Crippen MR) is 167 cm³/mol. The first-order valence-corrected chi connectivity index (χ1v) is 15.4. The Kier molecular flexibility index (Phi) is 7.80. The maximum absolute atomic E-state index is 14.1. The highest BCUT2D eigenvalue weighted by Crippen LogP contribution is 2.54. The zero-order chi connectivity index (χ0) is 30.4. The normalized spacial score (nSPS) is 19.2. The molecule has 12 heteroatoms. The molecular formula is C31H26ClN3O6S2. The molecule has 0 saturated carbocycles. The Morgan fingerprint density at radius 2 is 1.63 bits per heavy atom. The molecule has 2 aliphatic rings. The quantitative estimate of drug-likeness (QED) is 0.274. The van der Waals surface area contributed by atoms with Gasteiger partial charge >= 0.3 is 4.87 Å². The number of imide groups is 1. The molecule has 220 valence electrons. The number of amides is 3. The Bertz CT molecular complexity index is 1800. The summed E-state index contributed by atoms with van der Waals surface area (Å²) >= 11 is 8.20. The molecule has 1 fully saturated rings. The minimum atomic E-state index is -0.825. The Hall–Kier alpha value is -4.06. The van der Waals surface area contributed by atoms with Crippen LogP contribution in [-0.4, -0.2) is 41.8 Å². The Labute approximate surface area is 260 Å². The van der Waals surface area contributed by atoms with Crippen LogP contribution in [0.25, 0.3) is 0 Å². The lowest BCUT2D eigenvalue weighted by Gasteiger charge is -2.31. The van der Waals surface area contributed by atoms with Gasteiger partial charge in [0.25, 0.3) is 0 Å². The van der Waals surface area contributed by atoms with Crippen molar-refractivity contribution in [1.29, 1.82) is 0 Å². The average molecular weight is 636 g/mol. The Morgan fingerprint density at radius 1 is 0.930 bits per heavy atom. The second kappa shape index (κ2) is 11.6. The van der Waals surface area contributed by atoms with E-state index in [-0.39, 0.29) is 23.2 Å². The second-order valence-electron chi connectivity index (χ2n) is 10.2. The number of halogens is 1. The van der Waals surface area contributed by atoms with E-state index in [1.165, 1.54) is 23.7 Å². The third kappa shape index (κ3) is 5.21. The van der Waals surface area contributed by atoms with Crippen molar-refractivity contribution in [2.75, 3.05) is 24.4 Å². The molecule has 0 unspecified atom stereocenters. The molecule has 0 bridgehead atoms. The summed E-state index contributed by atoms with van der Waals surface area (Å²) in [5, 5.41) is 2.98. The molecule has 1 N–H and O–H groups in total. The van der Waals surface area contributed by atoms with E-state index in [4.69, 9.17) is 21.1 Å². The van der Waals surface area contributed by atoms with Gasteiger partial charge < -0.3 is 14.8 Å². The molecule has 43 heavy (non-hydrogen) atoms.